The number of rotatable bonds is 4. The van der Waals surface area contributed by atoms with Gasteiger partial charge in [0.05, 0.1) is 5.01 Å². The number of hydrogen-bond donors (Lipinski definition) is 0. The number of nitrogens with zero attached hydrogens (tertiary/aromatic N) is 2. The Labute approximate surface area is 80.5 Å². The molecule has 0 saturated carbocycles. The van der Waals surface area contributed by atoms with E-state index in [2.05, 4.69) is 9.82 Å². The third kappa shape index (κ3) is 6.03. The van der Waals surface area contributed by atoms with E-state index >= 15 is 0 Å². The molecule has 1 rings (SSSR count). The van der Waals surface area contributed by atoms with E-state index in [4.69, 9.17) is 0 Å². The summed E-state index contributed by atoms with van der Waals surface area (Å²) in [5, 5.41) is 11.6. The van der Waals surface area contributed by atoms with Gasteiger partial charge in [0, 0.05) is 18.0 Å². The van der Waals surface area contributed by atoms with Gasteiger partial charge in [-0.25, -0.2) is 4.98 Å². The SMILES string of the molecule is CC.O=[N+]([O-])OCCc1nccs1. The predicted octanol–water partition coefficient (Wildman–Crippen LogP) is 1.92. The highest BCUT2D eigenvalue weighted by atomic mass is 32.1. The first kappa shape index (κ1) is 11.8. The fraction of sp³-hybridized carbons (Fsp3) is 0.571. The Balaban J connectivity index is 0.000000671. The van der Waals surface area contributed by atoms with Gasteiger partial charge >= 0.3 is 0 Å². The van der Waals surface area contributed by atoms with Crippen molar-refractivity contribution in [3.63, 3.8) is 0 Å². The maximum atomic E-state index is 9.69. The van der Waals surface area contributed by atoms with Crippen LogP contribution in [0.2, 0.25) is 0 Å². The average Bonchev–Trinajstić information content (AvgIpc) is 2.60. The van der Waals surface area contributed by atoms with Crippen molar-refractivity contribution in [1.29, 1.82) is 0 Å². The molecule has 0 aliphatic rings. The van der Waals surface area contributed by atoms with Crippen molar-refractivity contribution in [2.75, 3.05) is 6.61 Å². The normalized spacial score (nSPS) is 8.46. The van der Waals surface area contributed by atoms with Crippen LogP contribution in [0.1, 0.15) is 18.9 Å². The summed E-state index contributed by atoms with van der Waals surface area (Å²) in [6.07, 6.45) is 2.16. The molecule has 0 atom stereocenters. The lowest BCUT2D eigenvalue weighted by Gasteiger charge is -1.93. The van der Waals surface area contributed by atoms with E-state index in [1.54, 1.807) is 6.20 Å². The molecule has 0 fully saturated rings. The highest BCUT2D eigenvalue weighted by molar-refractivity contribution is 7.09. The second-order valence-corrected chi connectivity index (χ2v) is 2.71. The molecule has 0 bridgehead atoms. The Kier molecular flexibility index (Phi) is 6.80. The molecule has 0 amide bonds. The summed E-state index contributed by atoms with van der Waals surface area (Å²) in [4.78, 5) is 17.7. The van der Waals surface area contributed by atoms with Crippen LogP contribution < -0.4 is 0 Å². The van der Waals surface area contributed by atoms with Crippen LogP contribution in [-0.4, -0.2) is 16.7 Å². The van der Waals surface area contributed by atoms with E-state index in [1.165, 1.54) is 11.3 Å². The molecule has 5 nitrogen and oxygen atoms in total. The van der Waals surface area contributed by atoms with Gasteiger partial charge in [-0.1, -0.05) is 13.8 Å². The van der Waals surface area contributed by atoms with Crippen LogP contribution >= 0.6 is 11.3 Å². The van der Waals surface area contributed by atoms with Crippen LogP contribution in [0, 0.1) is 10.1 Å². The van der Waals surface area contributed by atoms with Crippen molar-refractivity contribution in [2.45, 2.75) is 20.3 Å². The van der Waals surface area contributed by atoms with Crippen LogP contribution in [0.25, 0.3) is 0 Å². The molecular formula is C7H12N2O3S. The summed E-state index contributed by atoms with van der Waals surface area (Å²) < 4.78 is 0. The minimum atomic E-state index is -0.798. The number of thiazole rings is 1. The van der Waals surface area contributed by atoms with Crippen molar-refractivity contribution in [1.82, 2.24) is 4.98 Å². The molecule has 0 N–H and O–H groups in total. The van der Waals surface area contributed by atoms with Crippen molar-refractivity contribution < 1.29 is 9.92 Å². The van der Waals surface area contributed by atoms with Gasteiger partial charge in [-0.05, 0) is 0 Å². The Morgan fingerprint density at radius 2 is 2.38 bits per heavy atom. The third-order valence-electron chi connectivity index (χ3n) is 0.996. The van der Waals surface area contributed by atoms with Gasteiger partial charge < -0.3 is 4.84 Å². The lowest BCUT2D eigenvalue weighted by molar-refractivity contribution is -0.757. The van der Waals surface area contributed by atoms with Gasteiger partial charge in [0.25, 0.3) is 5.09 Å². The summed E-state index contributed by atoms with van der Waals surface area (Å²) in [5.74, 6) is 0. The molecule has 0 radical (unpaired) electrons. The van der Waals surface area contributed by atoms with Gasteiger partial charge in [-0.15, -0.1) is 21.5 Å². The van der Waals surface area contributed by atoms with Crippen LogP contribution in [0.3, 0.4) is 0 Å². The third-order valence-corrected chi connectivity index (χ3v) is 1.84. The first-order chi connectivity index (χ1) is 6.29. The maximum absolute atomic E-state index is 9.69. The van der Waals surface area contributed by atoms with Crippen LogP contribution in [0.4, 0.5) is 0 Å². The van der Waals surface area contributed by atoms with Crippen molar-refractivity contribution in [2.24, 2.45) is 0 Å². The molecule has 0 unspecified atom stereocenters. The zero-order chi connectivity index (χ0) is 10.1. The van der Waals surface area contributed by atoms with Gasteiger partial charge in [-0.2, -0.15) is 0 Å². The fourth-order valence-electron chi connectivity index (χ4n) is 0.584. The molecular weight excluding hydrogens is 192 g/mol. The number of aromatic nitrogens is 1. The molecule has 13 heavy (non-hydrogen) atoms. The van der Waals surface area contributed by atoms with Crippen LogP contribution in [0.15, 0.2) is 11.6 Å². The van der Waals surface area contributed by atoms with E-state index in [0.29, 0.717) is 6.42 Å². The topological polar surface area (TPSA) is 65.3 Å². The highest BCUT2D eigenvalue weighted by Gasteiger charge is 1.97. The molecule has 0 spiro atoms. The smallest absolute Gasteiger partial charge is 0.294 e. The molecule has 0 saturated heterocycles. The second-order valence-electron chi connectivity index (χ2n) is 1.73. The van der Waals surface area contributed by atoms with E-state index in [0.717, 1.165) is 5.01 Å². The summed E-state index contributed by atoms with van der Waals surface area (Å²) >= 11 is 1.46. The number of hydrogen-bond acceptors (Lipinski definition) is 5. The molecule has 74 valence electrons. The Bertz CT molecular complexity index is 226. The minimum Gasteiger partial charge on any atom is -0.313 e. The predicted molar refractivity (Wildman–Crippen MR) is 50.1 cm³/mol. The molecule has 1 heterocycles. The second kappa shape index (κ2) is 7.48. The lowest BCUT2D eigenvalue weighted by Crippen LogP contribution is -2.04. The van der Waals surface area contributed by atoms with E-state index in [-0.39, 0.29) is 6.61 Å². The molecule has 1 aromatic heterocycles. The Morgan fingerprint density at radius 1 is 1.69 bits per heavy atom. The summed E-state index contributed by atoms with van der Waals surface area (Å²) in [6, 6.07) is 0. The van der Waals surface area contributed by atoms with Crippen molar-refractivity contribution in [3.05, 3.63) is 26.7 Å². The first-order valence-electron chi connectivity index (χ1n) is 3.94. The van der Waals surface area contributed by atoms with Crippen molar-refractivity contribution >= 4 is 11.3 Å². The molecule has 6 heteroatoms. The Hall–Kier alpha value is -1.17. The quantitative estimate of drug-likeness (QED) is 0.555. The molecule has 0 aliphatic carbocycles. The van der Waals surface area contributed by atoms with E-state index < -0.39 is 5.09 Å². The Morgan fingerprint density at radius 3 is 2.85 bits per heavy atom. The van der Waals surface area contributed by atoms with Gasteiger partial charge in [-0.3, -0.25) is 0 Å². The maximum Gasteiger partial charge on any atom is 0.294 e. The highest BCUT2D eigenvalue weighted by Crippen LogP contribution is 2.04. The first-order valence-corrected chi connectivity index (χ1v) is 4.82. The molecule has 1 aromatic rings. The summed E-state index contributed by atoms with van der Waals surface area (Å²) in [6.45, 7) is 4.08. The van der Waals surface area contributed by atoms with Crippen molar-refractivity contribution in [3.8, 4) is 0 Å². The van der Waals surface area contributed by atoms with Crippen LogP contribution in [0.5, 0.6) is 0 Å². The summed E-state index contributed by atoms with van der Waals surface area (Å²) in [7, 11) is 0. The van der Waals surface area contributed by atoms with Gasteiger partial charge in [0.1, 0.15) is 6.61 Å². The summed E-state index contributed by atoms with van der Waals surface area (Å²) in [5.41, 5.74) is 0. The van der Waals surface area contributed by atoms with E-state index in [9.17, 15) is 10.1 Å². The van der Waals surface area contributed by atoms with Gasteiger partial charge in [0.15, 0.2) is 0 Å². The zero-order valence-corrected chi connectivity index (χ0v) is 8.41. The van der Waals surface area contributed by atoms with Crippen LogP contribution in [-0.2, 0) is 11.3 Å². The van der Waals surface area contributed by atoms with Gasteiger partial charge in [0.2, 0.25) is 0 Å². The standard InChI is InChI=1S/C5H6N2O3S.C2H6/c8-7(9)10-3-1-5-6-2-4-11-5;1-2/h2,4H,1,3H2;1-2H3. The molecule has 0 aromatic carbocycles. The zero-order valence-electron chi connectivity index (χ0n) is 7.60. The largest absolute Gasteiger partial charge is 0.313 e. The lowest BCUT2D eigenvalue weighted by atomic mass is 10.5. The minimum absolute atomic E-state index is 0.0838. The fourth-order valence-corrected chi connectivity index (χ4v) is 1.19. The monoisotopic (exact) mass is 204 g/mol. The van der Waals surface area contributed by atoms with E-state index in [1.807, 2.05) is 19.2 Å². The average molecular weight is 204 g/mol. The molecule has 0 aliphatic heterocycles.